The van der Waals surface area contributed by atoms with Crippen LogP contribution in [0.15, 0.2) is 77.6 Å². The van der Waals surface area contributed by atoms with Gasteiger partial charge in [0.1, 0.15) is 5.82 Å². The summed E-state index contributed by atoms with van der Waals surface area (Å²) in [4.78, 5) is 17.5. The molecule has 0 bridgehead atoms. The van der Waals surface area contributed by atoms with Gasteiger partial charge in [0, 0.05) is 42.5 Å². The molecular formula is C23H23FN2O2. The molecule has 0 radical (unpaired) electrons. The van der Waals surface area contributed by atoms with E-state index in [-0.39, 0.29) is 17.8 Å². The van der Waals surface area contributed by atoms with E-state index >= 15 is 0 Å². The fourth-order valence-electron chi connectivity index (χ4n) is 3.79. The normalized spacial score (nSPS) is 15.5. The number of hydrogen-bond acceptors (Lipinski definition) is 3. The molecule has 0 atom stereocenters. The summed E-state index contributed by atoms with van der Waals surface area (Å²) in [7, 11) is 0. The molecule has 4 rings (SSSR count). The first-order valence-corrected chi connectivity index (χ1v) is 9.58. The Morgan fingerprint density at radius 3 is 2.39 bits per heavy atom. The zero-order valence-electron chi connectivity index (χ0n) is 15.6. The van der Waals surface area contributed by atoms with Gasteiger partial charge < -0.3 is 9.32 Å². The Balaban J connectivity index is 1.52. The van der Waals surface area contributed by atoms with Gasteiger partial charge in [0.2, 0.25) is 0 Å². The number of halogens is 1. The summed E-state index contributed by atoms with van der Waals surface area (Å²) < 4.78 is 18.6. The summed E-state index contributed by atoms with van der Waals surface area (Å²) >= 11 is 0. The fraction of sp³-hybridized carbons (Fsp3) is 0.261. The van der Waals surface area contributed by atoms with Gasteiger partial charge in [-0.05, 0) is 55.3 Å². The van der Waals surface area contributed by atoms with Gasteiger partial charge in [-0.2, -0.15) is 0 Å². The van der Waals surface area contributed by atoms with Crippen LogP contribution in [0.3, 0.4) is 0 Å². The molecule has 28 heavy (non-hydrogen) atoms. The highest BCUT2D eigenvalue weighted by Gasteiger charge is 2.30. The number of carbonyl (C=O) groups excluding carboxylic acids is 1. The molecule has 0 saturated carbocycles. The highest BCUT2D eigenvalue weighted by atomic mass is 19.1. The number of piperidine rings is 1. The Morgan fingerprint density at radius 1 is 1.04 bits per heavy atom. The van der Waals surface area contributed by atoms with Crippen molar-refractivity contribution in [2.24, 2.45) is 0 Å². The summed E-state index contributed by atoms with van der Waals surface area (Å²) in [6.45, 7) is 2.65. The second-order valence-electron chi connectivity index (χ2n) is 7.16. The molecule has 1 amide bonds. The molecular weight excluding hydrogens is 355 g/mol. The fourth-order valence-corrected chi connectivity index (χ4v) is 3.79. The van der Waals surface area contributed by atoms with E-state index < -0.39 is 0 Å². The minimum atomic E-state index is -0.300. The van der Waals surface area contributed by atoms with Crippen LogP contribution in [0, 0.1) is 5.82 Å². The molecule has 1 aliphatic rings. The average molecular weight is 378 g/mol. The smallest absolute Gasteiger partial charge is 0.258 e. The van der Waals surface area contributed by atoms with E-state index in [1.165, 1.54) is 12.1 Å². The van der Waals surface area contributed by atoms with Crippen molar-refractivity contribution in [3.8, 4) is 0 Å². The average Bonchev–Trinajstić information content (AvgIpc) is 3.24. The number of anilines is 1. The van der Waals surface area contributed by atoms with Crippen LogP contribution in [-0.4, -0.2) is 29.9 Å². The lowest BCUT2D eigenvalue weighted by molar-refractivity contribution is 0.0958. The van der Waals surface area contributed by atoms with Crippen molar-refractivity contribution < 1.29 is 13.6 Å². The van der Waals surface area contributed by atoms with E-state index in [4.69, 9.17) is 4.42 Å². The number of rotatable bonds is 5. The van der Waals surface area contributed by atoms with Crippen molar-refractivity contribution in [3.63, 3.8) is 0 Å². The summed E-state index contributed by atoms with van der Waals surface area (Å²) in [5.74, 6) is -0.341. The zero-order chi connectivity index (χ0) is 19.3. The molecule has 1 fully saturated rings. The Bertz CT molecular complexity index is 886. The van der Waals surface area contributed by atoms with Crippen LogP contribution in [0.4, 0.5) is 10.1 Å². The van der Waals surface area contributed by atoms with Crippen molar-refractivity contribution >= 4 is 11.6 Å². The second kappa shape index (κ2) is 8.40. The minimum absolute atomic E-state index is 0.0412. The van der Waals surface area contributed by atoms with Gasteiger partial charge >= 0.3 is 0 Å². The molecule has 2 aromatic carbocycles. The first-order valence-electron chi connectivity index (χ1n) is 9.58. The lowest BCUT2D eigenvalue weighted by atomic mass is 10.0. The van der Waals surface area contributed by atoms with Crippen molar-refractivity contribution in [2.45, 2.75) is 25.4 Å². The van der Waals surface area contributed by atoms with Crippen LogP contribution >= 0.6 is 0 Å². The van der Waals surface area contributed by atoms with Crippen LogP contribution in [0.1, 0.15) is 28.8 Å². The SMILES string of the molecule is O=C(c1ccccc1)N(c1ccc(F)cc1)C1CCN(Cc2ccoc2)CC1. The number of likely N-dealkylation sites (tertiary alicyclic amines) is 1. The summed E-state index contributed by atoms with van der Waals surface area (Å²) in [5.41, 5.74) is 2.55. The number of amides is 1. The van der Waals surface area contributed by atoms with E-state index in [1.54, 1.807) is 24.7 Å². The molecule has 3 aromatic rings. The van der Waals surface area contributed by atoms with Gasteiger partial charge in [0.25, 0.3) is 5.91 Å². The van der Waals surface area contributed by atoms with E-state index in [9.17, 15) is 9.18 Å². The third-order valence-corrected chi connectivity index (χ3v) is 5.25. The largest absolute Gasteiger partial charge is 0.472 e. The molecule has 4 nitrogen and oxygen atoms in total. The van der Waals surface area contributed by atoms with Gasteiger partial charge in [-0.25, -0.2) is 4.39 Å². The minimum Gasteiger partial charge on any atom is -0.472 e. The third kappa shape index (κ3) is 4.15. The topological polar surface area (TPSA) is 36.7 Å². The van der Waals surface area contributed by atoms with Crippen LogP contribution in [0.5, 0.6) is 0 Å². The first kappa shape index (κ1) is 18.4. The van der Waals surface area contributed by atoms with Crippen LogP contribution in [0.25, 0.3) is 0 Å². The summed E-state index contributed by atoms with van der Waals surface area (Å²) in [6, 6.07) is 17.5. The Hall–Kier alpha value is -2.92. The number of carbonyl (C=O) groups is 1. The maximum atomic E-state index is 13.4. The molecule has 1 aliphatic heterocycles. The molecule has 5 heteroatoms. The van der Waals surface area contributed by atoms with E-state index in [2.05, 4.69) is 4.90 Å². The van der Waals surface area contributed by atoms with Crippen molar-refractivity contribution in [3.05, 3.63) is 90.1 Å². The number of furan rings is 1. The summed E-state index contributed by atoms with van der Waals surface area (Å²) in [6.07, 6.45) is 5.20. The Morgan fingerprint density at radius 2 is 1.75 bits per heavy atom. The highest BCUT2D eigenvalue weighted by Crippen LogP contribution is 2.27. The molecule has 0 N–H and O–H groups in total. The lowest BCUT2D eigenvalue weighted by Crippen LogP contribution is -2.47. The predicted molar refractivity (Wildman–Crippen MR) is 107 cm³/mol. The molecule has 0 spiro atoms. The first-order chi connectivity index (χ1) is 13.7. The van der Waals surface area contributed by atoms with Crippen molar-refractivity contribution in [1.29, 1.82) is 0 Å². The van der Waals surface area contributed by atoms with Gasteiger partial charge in [0.05, 0.1) is 12.5 Å². The number of nitrogens with zero attached hydrogens (tertiary/aromatic N) is 2. The molecule has 0 unspecified atom stereocenters. The summed E-state index contributed by atoms with van der Waals surface area (Å²) in [5, 5.41) is 0. The number of benzene rings is 2. The Labute approximate surface area is 164 Å². The lowest BCUT2D eigenvalue weighted by Gasteiger charge is -2.38. The Kier molecular flexibility index (Phi) is 5.53. The van der Waals surface area contributed by atoms with Crippen LogP contribution in [-0.2, 0) is 6.54 Å². The van der Waals surface area contributed by atoms with Crippen molar-refractivity contribution in [2.75, 3.05) is 18.0 Å². The maximum Gasteiger partial charge on any atom is 0.258 e. The maximum absolute atomic E-state index is 13.4. The highest BCUT2D eigenvalue weighted by molar-refractivity contribution is 6.06. The molecule has 144 valence electrons. The second-order valence-corrected chi connectivity index (χ2v) is 7.16. The van der Waals surface area contributed by atoms with E-state index in [1.807, 2.05) is 41.3 Å². The van der Waals surface area contributed by atoms with Crippen LogP contribution in [0.2, 0.25) is 0 Å². The molecule has 2 heterocycles. The number of hydrogen-bond donors (Lipinski definition) is 0. The van der Waals surface area contributed by atoms with Gasteiger partial charge in [-0.3, -0.25) is 9.69 Å². The third-order valence-electron chi connectivity index (χ3n) is 5.25. The van der Waals surface area contributed by atoms with E-state index in [0.29, 0.717) is 5.56 Å². The van der Waals surface area contributed by atoms with Gasteiger partial charge in [0.15, 0.2) is 0 Å². The zero-order valence-corrected chi connectivity index (χ0v) is 15.6. The van der Waals surface area contributed by atoms with Gasteiger partial charge in [-0.1, -0.05) is 18.2 Å². The molecule has 1 saturated heterocycles. The van der Waals surface area contributed by atoms with Crippen LogP contribution < -0.4 is 4.90 Å². The van der Waals surface area contributed by atoms with Gasteiger partial charge in [-0.15, -0.1) is 0 Å². The molecule has 0 aliphatic carbocycles. The van der Waals surface area contributed by atoms with Crippen molar-refractivity contribution in [1.82, 2.24) is 4.90 Å². The predicted octanol–water partition coefficient (Wildman–Crippen LogP) is 4.73. The monoisotopic (exact) mass is 378 g/mol. The molecule has 1 aromatic heterocycles. The van der Waals surface area contributed by atoms with E-state index in [0.717, 1.165) is 43.7 Å². The quantitative estimate of drug-likeness (QED) is 0.644. The standard InChI is InChI=1S/C23H23FN2O2/c24-20-6-8-21(9-7-20)26(23(27)19-4-2-1-3-5-19)22-10-13-25(14-11-22)16-18-12-15-28-17-18/h1-9,12,15,17,22H,10-11,13-14,16H2.